The minimum atomic E-state index is 0.0752. The second-order valence-electron chi connectivity index (χ2n) is 4.84. The highest BCUT2D eigenvalue weighted by Crippen LogP contribution is 2.27. The molecule has 2 N–H and O–H groups in total. The fraction of sp³-hybridized carbons (Fsp3) is 0.500. The van der Waals surface area contributed by atoms with Crippen LogP contribution in [0.25, 0.3) is 0 Å². The van der Waals surface area contributed by atoms with Crippen LogP contribution in [0, 0.1) is 12.8 Å². The first-order valence-electron chi connectivity index (χ1n) is 6.27. The summed E-state index contributed by atoms with van der Waals surface area (Å²) in [7, 11) is 0. The summed E-state index contributed by atoms with van der Waals surface area (Å²) in [5.41, 5.74) is 2.39. The van der Waals surface area contributed by atoms with Gasteiger partial charge in [0.15, 0.2) is 0 Å². The van der Waals surface area contributed by atoms with Crippen LogP contribution in [0.15, 0.2) is 24.3 Å². The maximum Gasteiger partial charge on any atom is 0.234 e. The molecule has 1 aliphatic rings. The molecule has 0 unspecified atom stereocenters. The van der Waals surface area contributed by atoms with Gasteiger partial charge in [0.05, 0.1) is 6.54 Å². The van der Waals surface area contributed by atoms with Gasteiger partial charge in [0.2, 0.25) is 5.91 Å². The zero-order chi connectivity index (χ0) is 12.1. The van der Waals surface area contributed by atoms with Crippen molar-refractivity contribution in [2.45, 2.75) is 26.3 Å². The summed E-state index contributed by atoms with van der Waals surface area (Å²) in [4.78, 5) is 11.5. The van der Waals surface area contributed by atoms with Gasteiger partial charge in [0.25, 0.3) is 0 Å². The molecule has 1 aromatic carbocycles. The molecule has 1 aliphatic carbocycles. The second-order valence-corrected chi connectivity index (χ2v) is 4.84. The number of aryl methyl sites for hydroxylation is 1. The molecule has 0 atom stereocenters. The Morgan fingerprint density at radius 3 is 2.65 bits per heavy atom. The van der Waals surface area contributed by atoms with Crippen LogP contribution in [0.1, 0.15) is 24.0 Å². The molecule has 17 heavy (non-hydrogen) atoms. The monoisotopic (exact) mass is 232 g/mol. The minimum absolute atomic E-state index is 0.0752. The van der Waals surface area contributed by atoms with Gasteiger partial charge in [0.1, 0.15) is 0 Å². The summed E-state index contributed by atoms with van der Waals surface area (Å²) >= 11 is 0. The number of nitrogens with one attached hydrogen (secondary N) is 2. The molecule has 92 valence electrons. The minimum Gasteiger partial charge on any atom is -0.351 e. The van der Waals surface area contributed by atoms with Crippen molar-refractivity contribution in [1.29, 1.82) is 0 Å². The Kier molecular flexibility index (Phi) is 4.15. The molecule has 1 amide bonds. The van der Waals surface area contributed by atoms with E-state index in [4.69, 9.17) is 0 Å². The second kappa shape index (κ2) is 5.82. The zero-order valence-corrected chi connectivity index (χ0v) is 10.3. The highest BCUT2D eigenvalue weighted by atomic mass is 16.1. The molecular formula is C14H20N2O. The maximum absolute atomic E-state index is 11.5. The van der Waals surface area contributed by atoms with Crippen LogP contribution in [0.2, 0.25) is 0 Å². The van der Waals surface area contributed by atoms with E-state index in [9.17, 15) is 4.79 Å². The SMILES string of the molecule is Cc1ccc(CNC(=O)CNCC2CC2)cc1. The zero-order valence-electron chi connectivity index (χ0n) is 10.3. The number of hydrogen-bond donors (Lipinski definition) is 2. The summed E-state index contributed by atoms with van der Waals surface area (Å²) < 4.78 is 0. The van der Waals surface area contributed by atoms with E-state index in [2.05, 4.69) is 29.7 Å². The summed E-state index contributed by atoms with van der Waals surface area (Å²) in [6.07, 6.45) is 2.63. The van der Waals surface area contributed by atoms with Crippen molar-refractivity contribution in [3.05, 3.63) is 35.4 Å². The van der Waals surface area contributed by atoms with E-state index in [0.717, 1.165) is 18.0 Å². The Morgan fingerprint density at radius 1 is 1.29 bits per heavy atom. The van der Waals surface area contributed by atoms with Gasteiger partial charge in [0, 0.05) is 6.54 Å². The summed E-state index contributed by atoms with van der Waals surface area (Å²) in [5.74, 6) is 0.895. The number of rotatable bonds is 6. The molecule has 2 rings (SSSR count). The smallest absolute Gasteiger partial charge is 0.234 e. The van der Waals surface area contributed by atoms with Crippen molar-refractivity contribution in [1.82, 2.24) is 10.6 Å². The molecule has 0 aliphatic heterocycles. The third-order valence-corrected chi connectivity index (χ3v) is 3.03. The van der Waals surface area contributed by atoms with Crippen molar-refractivity contribution < 1.29 is 4.79 Å². The highest BCUT2D eigenvalue weighted by Gasteiger charge is 2.20. The van der Waals surface area contributed by atoms with E-state index in [0.29, 0.717) is 13.1 Å². The van der Waals surface area contributed by atoms with Crippen LogP contribution in [0.3, 0.4) is 0 Å². The Morgan fingerprint density at radius 2 is 2.00 bits per heavy atom. The molecule has 0 saturated heterocycles. The molecule has 0 aromatic heterocycles. The molecule has 1 fully saturated rings. The van der Waals surface area contributed by atoms with Gasteiger partial charge < -0.3 is 10.6 Å². The van der Waals surface area contributed by atoms with Crippen molar-refractivity contribution in [3.8, 4) is 0 Å². The van der Waals surface area contributed by atoms with Gasteiger partial charge in [-0.25, -0.2) is 0 Å². The third kappa shape index (κ3) is 4.57. The Labute approximate surface area is 103 Å². The maximum atomic E-state index is 11.5. The van der Waals surface area contributed by atoms with Crippen LogP contribution in [0.5, 0.6) is 0 Å². The molecule has 3 nitrogen and oxygen atoms in total. The van der Waals surface area contributed by atoms with Crippen molar-refractivity contribution >= 4 is 5.91 Å². The molecule has 1 saturated carbocycles. The standard InChI is InChI=1S/C14H20N2O/c1-11-2-4-13(5-3-11)9-16-14(17)10-15-8-12-6-7-12/h2-5,12,15H,6-10H2,1H3,(H,16,17). The Balaban J connectivity index is 1.62. The van der Waals surface area contributed by atoms with Crippen LogP contribution in [-0.2, 0) is 11.3 Å². The quantitative estimate of drug-likeness (QED) is 0.782. The first-order valence-corrected chi connectivity index (χ1v) is 6.27. The number of hydrogen-bond acceptors (Lipinski definition) is 2. The molecule has 0 radical (unpaired) electrons. The van der Waals surface area contributed by atoms with Gasteiger partial charge in [-0.1, -0.05) is 29.8 Å². The van der Waals surface area contributed by atoms with Crippen LogP contribution in [0.4, 0.5) is 0 Å². The molecule has 1 aromatic rings. The van der Waals surface area contributed by atoms with E-state index >= 15 is 0 Å². The highest BCUT2D eigenvalue weighted by molar-refractivity contribution is 5.77. The summed E-state index contributed by atoms with van der Waals surface area (Å²) in [5, 5.41) is 6.09. The fourth-order valence-electron chi connectivity index (χ4n) is 1.68. The van der Waals surface area contributed by atoms with Gasteiger partial charge >= 0.3 is 0 Å². The normalized spacial score (nSPS) is 14.6. The van der Waals surface area contributed by atoms with Gasteiger partial charge in [-0.2, -0.15) is 0 Å². The predicted octanol–water partition coefficient (Wildman–Crippen LogP) is 1.61. The Hall–Kier alpha value is -1.35. The molecule has 0 heterocycles. The lowest BCUT2D eigenvalue weighted by Crippen LogP contribution is -2.34. The van der Waals surface area contributed by atoms with E-state index in [1.165, 1.54) is 18.4 Å². The predicted molar refractivity (Wildman–Crippen MR) is 68.6 cm³/mol. The van der Waals surface area contributed by atoms with E-state index in [1.54, 1.807) is 0 Å². The van der Waals surface area contributed by atoms with Gasteiger partial charge in [-0.05, 0) is 37.8 Å². The lowest BCUT2D eigenvalue weighted by molar-refractivity contribution is -0.120. The fourth-order valence-corrected chi connectivity index (χ4v) is 1.68. The number of carbonyl (C=O) groups is 1. The summed E-state index contributed by atoms with van der Waals surface area (Å²) in [6.45, 7) is 4.09. The van der Waals surface area contributed by atoms with E-state index in [1.807, 2.05) is 12.1 Å². The summed E-state index contributed by atoms with van der Waals surface area (Å²) in [6, 6.07) is 8.22. The first-order chi connectivity index (χ1) is 8.24. The van der Waals surface area contributed by atoms with Crippen molar-refractivity contribution in [2.24, 2.45) is 5.92 Å². The molecular weight excluding hydrogens is 212 g/mol. The Bertz CT molecular complexity index is 368. The molecule has 0 spiro atoms. The number of carbonyl (C=O) groups excluding carboxylic acids is 1. The van der Waals surface area contributed by atoms with Crippen LogP contribution in [-0.4, -0.2) is 19.0 Å². The van der Waals surface area contributed by atoms with E-state index in [-0.39, 0.29) is 5.91 Å². The first kappa shape index (κ1) is 12.1. The third-order valence-electron chi connectivity index (χ3n) is 3.03. The molecule has 3 heteroatoms. The van der Waals surface area contributed by atoms with E-state index < -0.39 is 0 Å². The number of benzene rings is 1. The van der Waals surface area contributed by atoms with Crippen molar-refractivity contribution in [2.75, 3.05) is 13.1 Å². The largest absolute Gasteiger partial charge is 0.351 e. The topological polar surface area (TPSA) is 41.1 Å². The average molecular weight is 232 g/mol. The van der Waals surface area contributed by atoms with Crippen molar-refractivity contribution in [3.63, 3.8) is 0 Å². The van der Waals surface area contributed by atoms with Crippen LogP contribution >= 0.6 is 0 Å². The van der Waals surface area contributed by atoms with Gasteiger partial charge in [-0.3, -0.25) is 4.79 Å². The lowest BCUT2D eigenvalue weighted by Gasteiger charge is -2.06. The number of amides is 1. The average Bonchev–Trinajstić information content (AvgIpc) is 3.12. The van der Waals surface area contributed by atoms with Crippen LogP contribution < -0.4 is 10.6 Å². The lowest BCUT2D eigenvalue weighted by atomic mass is 10.1. The van der Waals surface area contributed by atoms with Gasteiger partial charge in [-0.15, -0.1) is 0 Å². The molecule has 0 bridgehead atoms.